The van der Waals surface area contributed by atoms with Crippen molar-refractivity contribution in [2.24, 2.45) is 5.92 Å². The van der Waals surface area contributed by atoms with E-state index in [4.69, 9.17) is 4.74 Å². The number of carbonyl (C=O) groups is 2. The Morgan fingerprint density at radius 1 is 1.30 bits per heavy atom. The second kappa shape index (κ2) is 7.30. The van der Waals surface area contributed by atoms with Gasteiger partial charge in [-0.3, -0.25) is 14.2 Å². The molecule has 0 spiro atoms. The van der Waals surface area contributed by atoms with Crippen LogP contribution in [0, 0.1) is 5.92 Å². The largest absolute Gasteiger partial charge is 0.480 e. The molecule has 1 aliphatic heterocycles. The van der Waals surface area contributed by atoms with Crippen molar-refractivity contribution in [3.8, 4) is 5.75 Å². The van der Waals surface area contributed by atoms with Gasteiger partial charge in [-0.2, -0.15) is 0 Å². The molecule has 7 nitrogen and oxygen atoms in total. The van der Waals surface area contributed by atoms with Crippen molar-refractivity contribution in [3.63, 3.8) is 0 Å². The number of ether oxygens (including phenoxy) is 1. The van der Waals surface area contributed by atoms with Crippen LogP contribution in [-0.4, -0.2) is 46.1 Å². The van der Waals surface area contributed by atoms with Crippen molar-refractivity contribution in [3.05, 3.63) is 28.7 Å². The number of carbonyl (C=O) groups excluding carboxylic acids is 1. The average molecular weight is 322 g/mol. The number of hydrogen-bond acceptors (Lipinski definition) is 4. The van der Waals surface area contributed by atoms with Crippen LogP contribution in [-0.2, 0) is 9.59 Å². The molecule has 1 fully saturated rings. The quantitative estimate of drug-likeness (QED) is 0.848. The molecule has 2 rings (SSSR count). The molecule has 0 aliphatic carbocycles. The summed E-state index contributed by atoms with van der Waals surface area (Å²) in [7, 11) is 0. The summed E-state index contributed by atoms with van der Waals surface area (Å²) in [6.07, 6.45) is 3.40. The van der Waals surface area contributed by atoms with Gasteiger partial charge in [0.15, 0.2) is 12.4 Å². The van der Waals surface area contributed by atoms with E-state index in [9.17, 15) is 19.5 Å². The zero-order chi connectivity index (χ0) is 17.0. The highest BCUT2D eigenvalue weighted by Gasteiger charge is 2.25. The van der Waals surface area contributed by atoms with Crippen molar-refractivity contribution >= 4 is 11.9 Å². The predicted octanol–water partition coefficient (Wildman–Crippen LogP) is 1.13. The highest BCUT2D eigenvalue weighted by atomic mass is 16.5. The Hall–Kier alpha value is -2.31. The van der Waals surface area contributed by atoms with E-state index in [1.165, 1.54) is 12.3 Å². The third-order valence-corrected chi connectivity index (χ3v) is 3.93. The summed E-state index contributed by atoms with van der Waals surface area (Å²) in [6, 6.07) is 2.03. The number of hydrogen-bond donors (Lipinski definition) is 1. The van der Waals surface area contributed by atoms with Crippen molar-refractivity contribution in [2.75, 3.05) is 19.7 Å². The molecule has 1 unspecified atom stereocenters. The van der Waals surface area contributed by atoms with Gasteiger partial charge < -0.3 is 14.7 Å². The van der Waals surface area contributed by atoms with Gasteiger partial charge in [0.2, 0.25) is 0 Å². The van der Waals surface area contributed by atoms with Crippen LogP contribution in [0.25, 0.3) is 0 Å². The summed E-state index contributed by atoms with van der Waals surface area (Å²) in [5, 5.41) is 9.31. The molecule has 1 aromatic heterocycles. The van der Waals surface area contributed by atoms with Crippen LogP contribution in [0.15, 0.2) is 23.1 Å². The lowest BCUT2D eigenvalue weighted by atomic mass is 10.0. The molecule has 1 saturated heterocycles. The fourth-order valence-electron chi connectivity index (χ4n) is 2.74. The third-order valence-electron chi connectivity index (χ3n) is 3.93. The van der Waals surface area contributed by atoms with Gasteiger partial charge in [0, 0.05) is 19.3 Å². The Kier molecular flexibility index (Phi) is 5.41. The zero-order valence-corrected chi connectivity index (χ0v) is 13.4. The molecule has 7 heteroatoms. The zero-order valence-electron chi connectivity index (χ0n) is 13.4. The minimum Gasteiger partial charge on any atom is -0.480 e. The van der Waals surface area contributed by atoms with Crippen LogP contribution >= 0.6 is 0 Å². The van der Waals surface area contributed by atoms with Gasteiger partial charge in [0.25, 0.3) is 11.5 Å². The molecule has 0 bridgehead atoms. The SMILES string of the molecule is CC(C)C(C(=O)O)n1cccc(OCC(=O)N2CCCC2)c1=O. The van der Waals surface area contributed by atoms with Crippen LogP contribution in [0.5, 0.6) is 5.75 Å². The summed E-state index contributed by atoms with van der Waals surface area (Å²) >= 11 is 0. The van der Waals surface area contributed by atoms with E-state index in [-0.39, 0.29) is 24.2 Å². The number of aromatic nitrogens is 1. The van der Waals surface area contributed by atoms with Gasteiger partial charge in [-0.05, 0) is 30.9 Å². The fraction of sp³-hybridized carbons (Fsp3) is 0.562. The Labute approximate surface area is 134 Å². The van der Waals surface area contributed by atoms with E-state index in [0.29, 0.717) is 0 Å². The number of nitrogens with zero attached hydrogens (tertiary/aromatic N) is 2. The van der Waals surface area contributed by atoms with Crippen LogP contribution in [0.4, 0.5) is 0 Å². The standard InChI is InChI=1S/C16H22N2O5/c1-11(2)14(16(21)22)18-9-5-6-12(15(18)20)23-10-13(19)17-7-3-4-8-17/h5-6,9,11,14H,3-4,7-8,10H2,1-2H3,(H,21,22). The van der Waals surface area contributed by atoms with Crippen LogP contribution in [0.3, 0.4) is 0 Å². The molecule has 23 heavy (non-hydrogen) atoms. The summed E-state index contributed by atoms with van der Waals surface area (Å²) < 4.78 is 6.49. The smallest absolute Gasteiger partial charge is 0.327 e. The summed E-state index contributed by atoms with van der Waals surface area (Å²) in [6.45, 7) is 4.69. The topological polar surface area (TPSA) is 88.8 Å². The highest BCUT2D eigenvalue weighted by molar-refractivity contribution is 5.78. The molecular weight excluding hydrogens is 300 g/mol. The lowest BCUT2D eigenvalue weighted by Gasteiger charge is -2.20. The number of carboxylic acid groups (broad SMARTS) is 1. The molecule has 126 valence electrons. The highest BCUT2D eigenvalue weighted by Crippen LogP contribution is 2.17. The molecule has 1 aliphatic rings. The third kappa shape index (κ3) is 3.91. The first-order valence-electron chi connectivity index (χ1n) is 7.76. The average Bonchev–Trinajstić information content (AvgIpc) is 3.01. The molecule has 0 saturated carbocycles. The first-order valence-corrected chi connectivity index (χ1v) is 7.76. The Morgan fingerprint density at radius 2 is 1.96 bits per heavy atom. The second-order valence-electron chi connectivity index (χ2n) is 5.99. The molecule has 1 aromatic rings. The second-order valence-corrected chi connectivity index (χ2v) is 5.99. The Balaban J connectivity index is 2.14. The van der Waals surface area contributed by atoms with E-state index in [2.05, 4.69) is 0 Å². The minimum atomic E-state index is -1.08. The molecule has 0 radical (unpaired) electrons. The van der Waals surface area contributed by atoms with Gasteiger partial charge in [-0.25, -0.2) is 4.79 Å². The summed E-state index contributed by atoms with van der Waals surface area (Å²) in [5.41, 5.74) is -0.539. The van der Waals surface area contributed by atoms with Crippen molar-refractivity contribution in [1.82, 2.24) is 9.47 Å². The van der Waals surface area contributed by atoms with Gasteiger partial charge in [0.05, 0.1) is 0 Å². The number of likely N-dealkylation sites (tertiary alicyclic amines) is 1. The van der Waals surface area contributed by atoms with Crippen molar-refractivity contribution < 1.29 is 19.4 Å². The van der Waals surface area contributed by atoms with Gasteiger partial charge in [0.1, 0.15) is 6.04 Å². The Bertz CT molecular complexity index is 632. The first kappa shape index (κ1) is 17.1. The number of pyridine rings is 1. The number of amides is 1. The van der Waals surface area contributed by atoms with Crippen LogP contribution in [0.2, 0.25) is 0 Å². The van der Waals surface area contributed by atoms with Crippen LogP contribution < -0.4 is 10.3 Å². The first-order chi connectivity index (χ1) is 10.9. The lowest BCUT2D eigenvalue weighted by Crippen LogP contribution is -2.35. The molecule has 1 amide bonds. The van der Waals surface area contributed by atoms with Crippen molar-refractivity contribution in [1.29, 1.82) is 0 Å². The summed E-state index contributed by atoms with van der Waals surface area (Å²) in [4.78, 5) is 37.5. The maximum Gasteiger partial charge on any atom is 0.327 e. The van der Waals surface area contributed by atoms with E-state index >= 15 is 0 Å². The fourth-order valence-corrected chi connectivity index (χ4v) is 2.74. The number of rotatable bonds is 6. The normalized spacial score (nSPS) is 15.7. The minimum absolute atomic E-state index is 0.00746. The molecule has 0 aromatic carbocycles. The van der Waals surface area contributed by atoms with Crippen molar-refractivity contribution in [2.45, 2.75) is 32.7 Å². The van der Waals surface area contributed by atoms with Gasteiger partial charge in [-0.15, -0.1) is 0 Å². The number of carboxylic acids is 1. The maximum absolute atomic E-state index is 12.4. The van der Waals surface area contributed by atoms with Gasteiger partial charge >= 0.3 is 5.97 Å². The van der Waals surface area contributed by atoms with Crippen LogP contribution in [0.1, 0.15) is 32.7 Å². The summed E-state index contributed by atoms with van der Waals surface area (Å²) in [5.74, 6) is -1.50. The van der Waals surface area contributed by atoms with Gasteiger partial charge in [-0.1, -0.05) is 13.8 Å². The molecule has 1 atom stereocenters. The molecular formula is C16H22N2O5. The monoisotopic (exact) mass is 322 g/mol. The lowest BCUT2D eigenvalue weighted by molar-refractivity contribution is -0.142. The van der Waals surface area contributed by atoms with E-state index in [1.54, 1.807) is 24.8 Å². The maximum atomic E-state index is 12.4. The van der Waals surface area contributed by atoms with E-state index in [1.807, 2.05) is 0 Å². The number of aliphatic carboxylic acids is 1. The Morgan fingerprint density at radius 3 is 2.52 bits per heavy atom. The molecule has 2 heterocycles. The van der Waals surface area contributed by atoms with E-state index < -0.39 is 17.6 Å². The predicted molar refractivity (Wildman–Crippen MR) is 83.5 cm³/mol. The molecule has 1 N–H and O–H groups in total. The van der Waals surface area contributed by atoms with E-state index in [0.717, 1.165) is 30.5 Å².